The van der Waals surface area contributed by atoms with Crippen LogP contribution in [0.1, 0.15) is 24.5 Å². The molecule has 2 aromatic rings. The molecular formula is C21H21F4N3O. The molecule has 1 amide bonds. The van der Waals surface area contributed by atoms with Gasteiger partial charge in [0, 0.05) is 18.8 Å². The van der Waals surface area contributed by atoms with Crippen LogP contribution in [0.25, 0.3) is 0 Å². The van der Waals surface area contributed by atoms with Crippen molar-refractivity contribution in [1.29, 1.82) is 5.26 Å². The van der Waals surface area contributed by atoms with Gasteiger partial charge in [-0.25, -0.2) is 4.39 Å². The van der Waals surface area contributed by atoms with E-state index in [1.54, 1.807) is 24.9 Å². The van der Waals surface area contributed by atoms with Crippen LogP contribution in [0.3, 0.4) is 0 Å². The minimum absolute atomic E-state index is 0.0905. The number of amides is 1. The first-order valence-electron chi connectivity index (χ1n) is 8.93. The second-order valence-electron chi connectivity index (χ2n) is 6.66. The van der Waals surface area contributed by atoms with Gasteiger partial charge < -0.3 is 4.90 Å². The third-order valence-electron chi connectivity index (χ3n) is 4.56. The van der Waals surface area contributed by atoms with Crippen LogP contribution in [0.2, 0.25) is 0 Å². The monoisotopic (exact) mass is 407 g/mol. The first-order chi connectivity index (χ1) is 13.6. The fraction of sp³-hybridized carbons (Fsp3) is 0.333. The summed E-state index contributed by atoms with van der Waals surface area (Å²) in [5.74, 6) is -0.780. The molecule has 0 saturated carbocycles. The summed E-state index contributed by atoms with van der Waals surface area (Å²) in [6, 6.07) is 11.6. The highest BCUT2D eigenvalue weighted by atomic mass is 19.4. The Labute approximate surface area is 167 Å². The van der Waals surface area contributed by atoms with E-state index in [0.29, 0.717) is 11.3 Å². The molecule has 0 aromatic heterocycles. The molecule has 29 heavy (non-hydrogen) atoms. The Hall–Kier alpha value is -2.92. The van der Waals surface area contributed by atoms with E-state index < -0.39 is 23.6 Å². The highest BCUT2D eigenvalue weighted by Crippen LogP contribution is 2.30. The second kappa shape index (κ2) is 9.52. The van der Waals surface area contributed by atoms with Gasteiger partial charge in [-0.15, -0.1) is 0 Å². The van der Waals surface area contributed by atoms with Crippen LogP contribution in [0.4, 0.5) is 23.2 Å². The maximum absolute atomic E-state index is 13.2. The first kappa shape index (κ1) is 22.4. The molecule has 0 radical (unpaired) electrons. The molecule has 0 aliphatic rings. The Bertz CT molecular complexity index is 875. The summed E-state index contributed by atoms with van der Waals surface area (Å²) in [6.45, 7) is 1.90. The van der Waals surface area contributed by atoms with Gasteiger partial charge >= 0.3 is 6.18 Å². The number of alkyl halides is 3. The molecule has 0 aliphatic carbocycles. The fourth-order valence-electron chi connectivity index (χ4n) is 2.83. The van der Waals surface area contributed by atoms with Crippen molar-refractivity contribution in [3.63, 3.8) is 0 Å². The van der Waals surface area contributed by atoms with Crippen molar-refractivity contribution in [2.24, 2.45) is 0 Å². The van der Waals surface area contributed by atoms with Crippen molar-refractivity contribution in [3.8, 4) is 6.07 Å². The molecule has 0 spiro atoms. The van der Waals surface area contributed by atoms with E-state index in [2.05, 4.69) is 0 Å². The number of rotatable bonds is 7. The van der Waals surface area contributed by atoms with Crippen LogP contribution in [-0.2, 0) is 17.5 Å². The SMILES string of the molecule is CC(C(=O)N(CCC#N)c1ccc(F)cc1)N(C)Cc1cccc(C(F)(F)F)c1. The molecular weight excluding hydrogens is 386 g/mol. The van der Waals surface area contributed by atoms with Crippen molar-refractivity contribution >= 4 is 11.6 Å². The van der Waals surface area contributed by atoms with Gasteiger partial charge in [0.2, 0.25) is 5.91 Å². The smallest absolute Gasteiger partial charge is 0.310 e. The van der Waals surface area contributed by atoms with Crippen molar-refractivity contribution in [3.05, 3.63) is 65.5 Å². The van der Waals surface area contributed by atoms with Gasteiger partial charge in [-0.2, -0.15) is 18.4 Å². The molecule has 0 saturated heterocycles. The van der Waals surface area contributed by atoms with E-state index >= 15 is 0 Å². The quantitative estimate of drug-likeness (QED) is 0.630. The minimum atomic E-state index is -4.44. The molecule has 4 nitrogen and oxygen atoms in total. The molecule has 0 aliphatic heterocycles. The lowest BCUT2D eigenvalue weighted by molar-refractivity contribution is -0.137. The van der Waals surface area contributed by atoms with Crippen LogP contribution >= 0.6 is 0 Å². The number of anilines is 1. The van der Waals surface area contributed by atoms with E-state index in [0.717, 1.165) is 12.1 Å². The van der Waals surface area contributed by atoms with Crippen LogP contribution < -0.4 is 4.90 Å². The van der Waals surface area contributed by atoms with E-state index in [4.69, 9.17) is 5.26 Å². The third kappa shape index (κ3) is 6.03. The lowest BCUT2D eigenvalue weighted by Crippen LogP contribution is -2.46. The predicted molar refractivity (Wildman–Crippen MR) is 101 cm³/mol. The van der Waals surface area contributed by atoms with Gasteiger partial charge in [-0.05, 0) is 49.9 Å². The van der Waals surface area contributed by atoms with E-state index in [1.165, 1.54) is 35.2 Å². The van der Waals surface area contributed by atoms with Gasteiger partial charge in [0.1, 0.15) is 5.82 Å². The summed E-state index contributed by atoms with van der Waals surface area (Å²) in [5.41, 5.74) is 0.127. The summed E-state index contributed by atoms with van der Waals surface area (Å²) in [6.07, 6.45) is -4.35. The van der Waals surface area contributed by atoms with Crippen molar-refractivity contribution in [1.82, 2.24) is 4.90 Å². The Morgan fingerprint density at radius 3 is 2.41 bits per heavy atom. The third-order valence-corrected chi connectivity index (χ3v) is 4.56. The summed E-state index contributed by atoms with van der Waals surface area (Å²) in [7, 11) is 1.63. The molecule has 2 aromatic carbocycles. The van der Waals surface area contributed by atoms with Gasteiger partial charge in [0.15, 0.2) is 0 Å². The standard InChI is InChI=1S/C21H21F4N3O/c1-15(27(2)14-16-5-3-6-17(13-16)21(23,24)25)20(29)28(12-4-11-26)19-9-7-18(22)8-10-19/h3,5-10,13,15H,4,12,14H2,1-2H3. The summed E-state index contributed by atoms with van der Waals surface area (Å²) < 4.78 is 51.9. The number of hydrogen-bond acceptors (Lipinski definition) is 3. The summed E-state index contributed by atoms with van der Waals surface area (Å²) in [5, 5.41) is 8.87. The van der Waals surface area contributed by atoms with Crippen molar-refractivity contribution < 1.29 is 22.4 Å². The van der Waals surface area contributed by atoms with E-state index in [-0.39, 0.29) is 25.4 Å². The van der Waals surface area contributed by atoms with Crippen molar-refractivity contribution in [2.45, 2.75) is 32.1 Å². The molecule has 154 valence electrons. The molecule has 0 N–H and O–H groups in total. The zero-order chi connectivity index (χ0) is 21.6. The fourth-order valence-corrected chi connectivity index (χ4v) is 2.83. The van der Waals surface area contributed by atoms with Gasteiger partial charge in [-0.3, -0.25) is 9.69 Å². The zero-order valence-electron chi connectivity index (χ0n) is 16.1. The van der Waals surface area contributed by atoms with E-state index in [9.17, 15) is 22.4 Å². The maximum atomic E-state index is 13.2. The van der Waals surface area contributed by atoms with Gasteiger partial charge in [0.25, 0.3) is 0 Å². The predicted octanol–water partition coefficient (Wildman–Crippen LogP) is 4.61. The Morgan fingerprint density at radius 1 is 1.17 bits per heavy atom. The van der Waals surface area contributed by atoms with Crippen LogP contribution in [-0.4, -0.2) is 30.4 Å². The number of nitriles is 1. The highest BCUT2D eigenvalue weighted by molar-refractivity contribution is 5.96. The number of carbonyl (C=O) groups excluding carboxylic acids is 1. The zero-order valence-corrected chi connectivity index (χ0v) is 16.1. The lowest BCUT2D eigenvalue weighted by Gasteiger charge is -2.30. The number of likely N-dealkylation sites (N-methyl/N-ethyl adjacent to an activating group) is 1. The Kier molecular flexibility index (Phi) is 7.35. The van der Waals surface area contributed by atoms with Crippen LogP contribution in [0.5, 0.6) is 0 Å². The highest BCUT2D eigenvalue weighted by Gasteiger charge is 2.31. The first-order valence-corrected chi connectivity index (χ1v) is 8.93. The van der Waals surface area contributed by atoms with Crippen LogP contribution in [0.15, 0.2) is 48.5 Å². The average molecular weight is 407 g/mol. The molecule has 8 heteroatoms. The number of hydrogen-bond donors (Lipinski definition) is 0. The number of halogens is 4. The molecule has 0 heterocycles. The summed E-state index contributed by atoms with van der Waals surface area (Å²) in [4.78, 5) is 16.0. The number of carbonyl (C=O) groups is 1. The lowest BCUT2D eigenvalue weighted by atomic mass is 10.1. The Balaban J connectivity index is 2.17. The topological polar surface area (TPSA) is 47.3 Å². The number of benzene rings is 2. The van der Waals surface area contributed by atoms with Crippen LogP contribution in [0, 0.1) is 17.1 Å². The normalized spacial score (nSPS) is 12.5. The van der Waals surface area contributed by atoms with Gasteiger partial charge in [-0.1, -0.05) is 18.2 Å². The minimum Gasteiger partial charge on any atom is -0.310 e. The Morgan fingerprint density at radius 2 is 1.83 bits per heavy atom. The second-order valence-corrected chi connectivity index (χ2v) is 6.66. The maximum Gasteiger partial charge on any atom is 0.416 e. The molecule has 1 atom stereocenters. The largest absolute Gasteiger partial charge is 0.416 e. The summed E-state index contributed by atoms with van der Waals surface area (Å²) >= 11 is 0. The van der Waals surface area contributed by atoms with E-state index in [1.807, 2.05) is 6.07 Å². The van der Waals surface area contributed by atoms with Crippen molar-refractivity contribution in [2.75, 3.05) is 18.5 Å². The molecule has 0 bridgehead atoms. The molecule has 2 rings (SSSR count). The number of nitrogens with zero attached hydrogens (tertiary/aromatic N) is 3. The molecule has 1 unspecified atom stereocenters. The average Bonchev–Trinajstić information content (AvgIpc) is 2.68. The van der Waals surface area contributed by atoms with Gasteiger partial charge in [0.05, 0.1) is 24.1 Å². The molecule has 0 fully saturated rings.